The van der Waals surface area contributed by atoms with Crippen LogP contribution in [-0.2, 0) is 0 Å². The van der Waals surface area contributed by atoms with Crippen LogP contribution in [0, 0.1) is 0 Å². The standard InChI is InChI=1S/C19H22N2O3/c1-14(13-22)20(2)18(23)15-8-7-9-16(12-15)19(24)21(3)17-10-5-4-6-11-17/h4-12,14,22H,13H2,1-3H3. The van der Waals surface area contributed by atoms with Crippen LogP contribution in [0.5, 0.6) is 0 Å². The zero-order valence-corrected chi connectivity index (χ0v) is 14.1. The Morgan fingerprint density at radius 1 is 0.958 bits per heavy atom. The molecule has 5 nitrogen and oxygen atoms in total. The van der Waals surface area contributed by atoms with E-state index < -0.39 is 0 Å². The lowest BCUT2D eigenvalue weighted by Gasteiger charge is -2.23. The molecule has 2 rings (SSSR count). The first kappa shape index (κ1) is 17.7. The summed E-state index contributed by atoms with van der Waals surface area (Å²) in [4.78, 5) is 28.1. The smallest absolute Gasteiger partial charge is 0.258 e. The molecule has 2 amide bonds. The van der Waals surface area contributed by atoms with Crippen LogP contribution in [0.2, 0.25) is 0 Å². The molecule has 5 heteroatoms. The summed E-state index contributed by atoms with van der Waals surface area (Å²) in [5.74, 6) is -0.415. The van der Waals surface area contributed by atoms with Gasteiger partial charge in [0, 0.05) is 30.9 Å². The van der Waals surface area contributed by atoms with Gasteiger partial charge in [0.1, 0.15) is 0 Å². The van der Waals surface area contributed by atoms with E-state index in [4.69, 9.17) is 0 Å². The number of rotatable bonds is 5. The molecule has 0 spiro atoms. The van der Waals surface area contributed by atoms with Crippen LogP contribution in [0.3, 0.4) is 0 Å². The first-order valence-electron chi connectivity index (χ1n) is 7.77. The van der Waals surface area contributed by atoms with E-state index in [9.17, 15) is 14.7 Å². The number of aliphatic hydroxyl groups is 1. The van der Waals surface area contributed by atoms with Gasteiger partial charge in [-0.1, -0.05) is 24.3 Å². The Labute approximate surface area is 142 Å². The summed E-state index contributed by atoms with van der Waals surface area (Å²) in [5, 5.41) is 9.19. The average molecular weight is 326 g/mol. The minimum absolute atomic E-state index is 0.113. The van der Waals surface area contributed by atoms with Gasteiger partial charge < -0.3 is 14.9 Å². The van der Waals surface area contributed by atoms with Crippen molar-refractivity contribution in [3.8, 4) is 0 Å². The number of likely N-dealkylation sites (N-methyl/N-ethyl adjacent to an activating group) is 1. The summed E-state index contributed by atoms with van der Waals surface area (Å²) < 4.78 is 0. The van der Waals surface area contributed by atoms with Gasteiger partial charge in [-0.2, -0.15) is 0 Å². The zero-order chi connectivity index (χ0) is 17.7. The fourth-order valence-corrected chi connectivity index (χ4v) is 2.27. The van der Waals surface area contributed by atoms with E-state index in [-0.39, 0.29) is 24.5 Å². The molecule has 2 aromatic carbocycles. The highest BCUT2D eigenvalue weighted by molar-refractivity contribution is 6.07. The topological polar surface area (TPSA) is 60.9 Å². The van der Waals surface area contributed by atoms with Gasteiger partial charge in [-0.3, -0.25) is 9.59 Å². The van der Waals surface area contributed by atoms with Gasteiger partial charge >= 0.3 is 0 Å². The second-order valence-electron chi connectivity index (χ2n) is 5.73. The van der Waals surface area contributed by atoms with Crippen molar-refractivity contribution < 1.29 is 14.7 Å². The minimum Gasteiger partial charge on any atom is -0.394 e. The summed E-state index contributed by atoms with van der Waals surface area (Å²) in [6.07, 6.45) is 0. The number of anilines is 1. The molecule has 0 fully saturated rings. The Kier molecular flexibility index (Phi) is 5.71. The molecule has 0 aromatic heterocycles. The highest BCUT2D eigenvalue weighted by Crippen LogP contribution is 2.16. The molecule has 1 unspecified atom stereocenters. The number of carbonyl (C=O) groups is 2. The van der Waals surface area contributed by atoms with Crippen molar-refractivity contribution in [2.75, 3.05) is 25.6 Å². The molecule has 24 heavy (non-hydrogen) atoms. The predicted octanol–water partition coefficient (Wildman–Crippen LogP) is 2.42. The van der Waals surface area contributed by atoms with E-state index in [0.717, 1.165) is 5.69 Å². The van der Waals surface area contributed by atoms with Crippen molar-refractivity contribution in [3.63, 3.8) is 0 Å². The second kappa shape index (κ2) is 7.75. The van der Waals surface area contributed by atoms with E-state index >= 15 is 0 Å². The number of hydrogen-bond acceptors (Lipinski definition) is 3. The summed E-state index contributed by atoms with van der Waals surface area (Å²) in [5.41, 5.74) is 1.65. The molecule has 126 valence electrons. The van der Waals surface area contributed by atoms with Crippen molar-refractivity contribution in [1.82, 2.24) is 4.90 Å². The third-order valence-electron chi connectivity index (χ3n) is 4.05. The molecular formula is C19H22N2O3. The van der Waals surface area contributed by atoms with Gasteiger partial charge in [-0.15, -0.1) is 0 Å². The quantitative estimate of drug-likeness (QED) is 0.918. The number of benzene rings is 2. The molecule has 0 heterocycles. The summed E-state index contributed by atoms with van der Waals surface area (Å²) in [7, 11) is 3.33. The average Bonchev–Trinajstić information content (AvgIpc) is 2.65. The number of hydrogen-bond donors (Lipinski definition) is 1. The lowest BCUT2D eigenvalue weighted by atomic mass is 10.1. The third-order valence-corrected chi connectivity index (χ3v) is 4.05. The highest BCUT2D eigenvalue weighted by Gasteiger charge is 2.19. The summed E-state index contributed by atoms with van der Waals surface area (Å²) >= 11 is 0. The van der Waals surface area contributed by atoms with Gasteiger partial charge in [0.05, 0.1) is 12.6 Å². The Bertz CT molecular complexity index is 716. The molecule has 0 saturated heterocycles. The van der Waals surface area contributed by atoms with E-state index in [1.54, 1.807) is 50.2 Å². The van der Waals surface area contributed by atoms with Crippen molar-refractivity contribution >= 4 is 17.5 Å². The first-order valence-corrected chi connectivity index (χ1v) is 7.77. The molecule has 0 aliphatic heterocycles. The van der Waals surface area contributed by atoms with Crippen molar-refractivity contribution in [1.29, 1.82) is 0 Å². The van der Waals surface area contributed by atoms with Crippen LogP contribution < -0.4 is 4.90 Å². The normalized spacial score (nSPS) is 11.7. The predicted molar refractivity (Wildman–Crippen MR) is 94.3 cm³/mol. The highest BCUT2D eigenvalue weighted by atomic mass is 16.3. The fourth-order valence-electron chi connectivity index (χ4n) is 2.27. The Hall–Kier alpha value is -2.66. The fraction of sp³-hybridized carbons (Fsp3) is 0.263. The molecular weight excluding hydrogens is 304 g/mol. The number of carbonyl (C=O) groups excluding carboxylic acids is 2. The number of para-hydroxylation sites is 1. The molecule has 0 saturated carbocycles. The molecule has 0 bridgehead atoms. The second-order valence-corrected chi connectivity index (χ2v) is 5.73. The van der Waals surface area contributed by atoms with Crippen LogP contribution in [-0.4, -0.2) is 48.6 Å². The van der Waals surface area contributed by atoms with E-state index in [2.05, 4.69) is 0 Å². The molecule has 0 radical (unpaired) electrons. The Morgan fingerprint density at radius 3 is 2.12 bits per heavy atom. The van der Waals surface area contributed by atoms with Crippen LogP contribution >= 0.6 is 0 Å². The van der Waals surface area contributed by atoms with Gasteiger partial charge in [0.2, 0.25) is 0 Å². The molecule has 1 N–H and O–H groups in total. The van der Waals surface area contributed by atoms with Crippen LogP contribution in [0.4, 0.5) is 5.69 Å². The maximum absolute atomic E-state index is 12.6. The monoisotopic (exact) mass is 326 g/mol. The van der Waals surface area contributed by atoms with Crippen molar-refractivity contribution in [2.24, 2.45) is 0 Å². The number of amides is 2. The van der Waals surface area contributed by atoms with Gasteiger partial charge in [0.15, 0.2) is 0 Å². The minimum atomic E-state index is -0.288. The Balaban J connectivity index is 2.24. The van der Waals surface area contributed by atoms with Crippen LogP contribution in [0.1, 0.15) is 27.6 Å². The van der Waals surface area contributed by atoms with Crippen molar-refractivity contribution in [2.45, 2.75) is 13.0 Å². The van der Waals surface area contributed by atoms with Gasteiger partial charge in [-0.25, -0.2) is 0 Å². The van der Waals surface area contributed by atoms with Crippen molar-refractivity contribution in [3.05, 3.63) is 65.7 Å². The molecule has 2 aromatic rings. The maximum Gasteiger partial charge on any atom is 0.258 e. The number of nitrogens with zero attached hydrogens (tertiary/aromatic N) is 2. The lowest BCUT2D eigenvalue weighted by molar-refractivity contribution is 0.0682. The van der Waals surface area contributed by atoms with E-state index in [1.807, 2.05) is 30.3 Å². The lowest BCUT2D eigenvalue weighted by Crippen LogP contribution is -2.37. The maximum atomic E-state index is 12.6. The van der Waals surface area contributed by atoms with Gasteiger partial charge in [0.25, 0.3) is 11.8 Å². The SMILES string of the molecule is CC(CO)N(C)C(=O)c1cccc(C(=O)N(C)c2ccccc2)c1. The molecule has 0 aliphatic carbocycles. The summed E-state index contributed by atoms with van der Waals surface area (Å²) in [6.45, 7) is 1.65. The van der Waals surface area contributed by atoms with E-state index in [0.29, 0.717) is 11.1 Å². The largest absolute Gasteiger partial charge is 0.394 e. The number of aliphatic hydroxyl groups excluding tert-OH is 1. The van der Waals surface area contributed by atoms with E-state index in [1.165, 1.54) is 4.90 Å². The molecule has 0 aliphatic rings. The van der Waals surface area contributed by atoms with Crippen LogP contribution in [0.25, 0.3) is 0 Å². The first-order chi connectivity index (χ1) is 11.5. The van der Waals surface area contributed by atoms with Crippen LogP contribution in [0.15, 0.2) is 54.6 Å². The third kappa shape index (κ3) is 3.81. The van der Waals surface area contributed by atoms with Gasteiger partial charge in [-0.05, 0) is 37.3 Å². The zero-order valence-electron chi connectivity index (χ0n) is 14.1. The molecule has 1 atom stereocenters. The summed E-state index contributed by atoms with van der Waals surface area (Å²) in [6, 6.07) is 15.7. The Morgan fingerprint density at radius 2 is 1.54 bits per heavy atom.